The quantitative estimate of drug-likeness (QED) is 0.672. The molecule has 2 fully saturated rings. The second kappa shape index (κ2) is 9.30. The highest BCUT2D eigenvalue weighted by Gasteiger charge is 2.36. The maximum atomic E-state index is 12.6. The smallest absolute Gasteiger partial charge is 0.317 e. The predicted octanol–water partition coefficient (Wildman–Crippen LogP) is -0.530. The van der Waals surface area contributed by atoms with Crippen molar-refractivity contribution in [1.29, 1.82) is 0 Å². The Hall–Kier alpha value is -2.46. The van der Waals surface area contributed by atoms with E-state index in [-0.39, 0.29) is 37.3 Å². The van der Waals surface area contributed by atoms with E-state index >= 15 is 0 Å². The molecule has 2 aliphatic rings. The molecule has 2 saturated heterocycles. The van der Waals surface area contributed by atoms with Crippen molar-refractivity contribution in [2.75, 3.05) is 39.4 Å². The zero-order valence-electron chi connectivity index (χ0n) is 14.5. The van der Waals surface area contributed by atoms with E-state index in [1.807, 2.05) is 16.7 Å². The average Bonchev–Trinajstić information content (AvgIpc) is 2.76. The second-order valence-corrected chi connectivity index (χ2v) is 6.41. The van der Waals surface area contributed by atoms with Gasteiger partial charge in [0.2, 0.25) is 5.91 Å². The fourth-order valence-electron chi connectivity index (χ4n) is 3.32. The highest BCUT2D eigenvalue weighted by Crippen LogP contribution is 2.21. The third-order valence-electron chi connectivity index (χ3n) is 4.23. The first kappa shape index (κ1) is 19.9. The SMILES string of the molecule is Cc1cc(CC(=O)N2C[C@H]3COC[C@@H]2CN(CC(=O)O)C3)on1.O=CO. The van der Waals surface area contributed by atoms with Gasteiger partial charge in [-0.2, -0.15) is 0 Å². The van der Waals surface area contributed by atoms with Crippen molar-refractivity contribution in [3.63, 3.8) is 0 Å². The number of ether oxygens (including phenoxy) is 1. The Morgan fingerprint density at radius 2 is 2.08 bits per heavy atom. The molecule has 0 aromatic carbocycles. The molecule has 2 N–H and O–H groups in total. The van der Waals surface area contributed by atoms with Crippen LogP contribution >= 0.6 is 0 Å². The van der Waals surface area contributed by atoms with Gasteiger partial charge in [0.15, 0.2) is 0 Å². The molecule has 3 rings (SSSR count). The topological polar surface area (TPSA) is 133 Å². The van der Waals surface area contributed by atoms with Crippen molar-refractivity contribution in [3.8, 4) is 0 Å². The molecule has 10 heteroatoms. The molecule has 10 nitrogen and oxygen atoms in total. The monoisotopic (exact) mass is 369 g/mol. The van der Waals surface area contributed by atoms with Crippen molar-refractivity contribution in [3.05, 3.63) is 17.5 Å². The summed E-state index contributed by atoms with van der Waals surface area (Å²) in [5, 5.41) is 19.7. The zero-order valence-corrected chi connectivity index (χ0v) is 14.5. The lowest BCUT2D eigenvalue weighted by molar-refractivity contribution is -0.138. The van der Waals surface area contributed by atoms with Crippen LogP contribution in [0.1, 0.15) is 11.5 Å². The van der Waals surface area contributed by atoms with E-state index in [4.69, 9.17) is 24.3 Å². The fraction of sp³-hybridized carbons (Fsp3) is 0.625. The Labute approximate surface area is 150 Å². The van der Waals surface area contributed by atoms with E-state index in [9.17, 15) is 9.59 Å². The summed E-state index contributed by atoms with van der Waals surface area (Å²) in [7, 11) is 0. The maximum Gasteiger partial charge on any atom is 0.317 e. The van der Waals surface area contributed by atoms with Gasteiger partial charge >= 0.3 is 5.97 Å². The number of carbonyl (C=O) groups is 3. The Morgan fingerprint density at radius 3 is 2.69 bits per heavy atom. The van der Waals surface area contributed by atoms with E-state index in [1.54, 1.807) is 6.07 Å². The first-order valence-corrected chi connectivity index (χ1v) is 8.24. The second-order valence-electron chi connectivity index (χ2n) is 6.41. The van der Waals surface area contributed by atoms with E-state index in [0.29, 0.717) is 38.6 Å². The zero-order chi connectivity index (χ0) is 19.1. The van der Waals surface area contributed by atoms with Gasteiger partial charge in [-0.05, 0) is 6.92 Å². The van der Waals surface area contributed by atoms with Crippen LogP contribution in [0.25, 0.3) is 0 Å². The lowest BCUT2D eigenvalue weighted by Crippen LogP contribution is -2.47. The van der Waals surface area contributed by atoms with E-state index < -0.39 is 5.97 Å². The lowest BCUT2D eigenvalue weighted by Gasteiger charge is -2.30. The van der Waals surface area contributed by atoms with Crippen LogP contribution in [0, 0.1) is 12.8 Å². The van der Waals surface area contributed by atoms with Gasteiger partial charge in [0.05, 0.1) is 37.9 Å². The summed E-state index contributed by atoms with van der Waals surface area (Å²) in [4.78, 5) is 35.7. The maximum absolute atomic E-state index is 12.6. The van der Waals surface area contributed by atoms with Crippen LogP contribution in [-0.4, -0.2) is 89.0 Å². The minimum absolute atomic E-state index is 0.00364. The summed E-state index contributed by atoms with van der Waals surface area (Å²) in [6, 6.07) is 1.63. The minimum atomic E-state index is -0.846. The standard InChI is InChI=1S/C15H21N3O5.CH2O2/c1-10-2-13(23-16-10)3-14(19)18-5-11-4-17(7-15(20)21)6-12(18)9-22-8-11;2-1-3/h2,11-12H,3-9H2,1H3,(H,20,21);1H,(H,2,3)/t11-,12-;/m0./s1. The third kappa shape index (κ3) is 5.53. The normalized spacial score (nSPS) is 22.7. The molecular weight excluding hydrogens is 346 g/mol. The van der Waals surface area contributed by atoms with Gasteiger partial charge in [-0.3, -0.25) is 19.3 Å². The number of aryl methyl sites for hydroxylation is 1. The third-order valence-corrected chi connectivity index (χ3v) is 4.23. The summed E-state index contributed by atoms with van der Waals surface area (Å²) >= 11 is 0. The Morgan fingerprint density at radius 1 is 1.35 bits per heavy atom. The molecule has 0 unspecified atom stereocenters. The molecule has 1 amide bonds. The van der Waals surface area contributed by atoms with Crippen LogP contribution in [0.3, 0.4) is 0 Å². The number of rotatable bonds is 4. The number of aliphatic carboxylic acids is 1. The number of aromatic nitrogens is 1. The molecular formula is C16H23N3O7. The largest absolute Gasteiger partial charge is 0.483 e. The van der Waals surface area contributed by atoms with Gasteiger partial charge in [-0.1, -0.05) is 5.16 Å². The van der Waals surface area contributed by atoms with Crippen molar-refractivity contribution in [2.24, 2.45) is 5.92 Å². The van der Waals surface area contributed by atoms with Crippen LogP contribution < -0.4 is 0 Å². The number of amides is 1. The summed E-state index contributed by atoms with van der Waals surface area (Å²) in [6.45, 7) is 4.29. The molecule has 144 valence electrons. The molecule has 0 spiro atoms. The Kier molecular flexibility index (Phi) is 7.10. The van der Waals surface area contributed by atoms with Gasteiger partial charge in [-0.25, -0.2) is 0 Å². The summed E-state index contributed by atoms with van der Waals surface area (Å²) in [6.07, 6.45) is 0.170. The Balaban J connectivity index is 0.000000758. The minimum Gasteiger partial charge on any atom is -0.483 e. The van der Waals surface area contributed by atoms with Crippen LogP contribution in [0.15, 0.2) is 10.6 Å². The molecule has 26 heavy (non-hydrogen) atoms. The summed E-state index contributed by atoms with van der Waals surface area (Å²) < 4.78 is 10.8. The number of carbonyl (C=O) groups excluding carboxylic acids is 1. The van der Waals surface area contributed by atoms with Crippen molar-refractivity contribution in [1.82, 2.24) is 15.0 Å². The highest BCUT2D eigenvalue weighted by atomic mass is 16.5. The van der Waals surface area contributed by atoms with Gasteiger partial charge in [-0.15, -0.1) is 0 Å². The molecule has 2 aliphatic heterocycles. The Bertz CT molecular complexity index is 633. The fourth-order valence-corrected chi connectivity index (χ4v) is 3.32. The van der Waals surface area contributed by atoms with Gasteiger partial charge in [0.25, 0.3) is 6.47 Å². The van der Waals surface area contributed by atoms with E-state index in [1.165, 1.54) is 0 Å². The molecule has 0 radical (unpaired) electrons. The predicted molar refractivity (Wildman–Crippen MR) is 87.5 cm³/mol. The molecule has 1 aromatic rings. The summed E-state index contributed by atoms with van der Waals surface area (Å²) in [5.41, 5.74) is 0.748. The number of carboxylic acids is 1. The molecule has 2 bridgehead atoms. The van der Waals surface area contributed by atoms with Gasteiger partial charge < -0.3 is 24.4 Å². The first-order valence-electron chi connectivity index (χ1n) is 8.24. The van der Waals surface area contributed by atoms with E-state index in [2.05, 4.69) is 5.16 Å². The van der Waals surface area contributed by atoms with Crippen LogP contribution in [-0.2, 0) is 25.5 Å². The molecule has 2 atom stereocenters. The van der Waals surface area contributed by atoms with Crippen molar-refractivity contribution >= 4 is 18.3 Å². The van der Waals surface area contributed by atoms with Gasteiger partial charge in [0, 0.05) is 31.6 Å². The molecule has 3 heterocycles. The number of nitrogens with zero attached hydrogens (tertiary/aromatic N) is 3. The van der Waals surface area contributed by atoms with Crippen LogP contribution in [0.4, 0.5) is 0 Å². The average molecular weight is 369 g/mol. The molecule has 0 saturated carbocycles. The highest BCUT2D eigenvalue weighted by molar-refractivity contribution is 5.78. The first-order chi connectivity index (χ1) is 12.4. The van der Waals surface area contributed by atoms with Gasteiger partial charge in [0.1, 0.15) is 5.76 Å². The summed E-state index contributed by atoms with van der Waals surface area (Å²) in [5.74, 6) is -0.198. The van der Waals surface area contributed by atoms with Crippen molar-refractivity contribution in [2.45, 2.75) is 19.4 Å². The number of fused-ring (bicyclic) bond motifs is 3. The van der Waals surface area contributed by atoms with Crippen LogP contribution in [0.2, 0.25) is 0 Å². The van der Waals surface area contributed by atoms with E-state index in [0.717, 1.165) is 5.69 Å². The number of hydrogen-bond donors (Lipinski definition) is 2. The number of carboxylic acid groups (broad SMARTS) is 2. The molecule has 1 aromatic heterocycles. The van der Waals surface area contributed by atoms with Crippen molar-refractivity contribution < 1.29 is 33.9 Å². The van der Waals surface area contributed by atoms with Crippen LogP contribution in [0.5, 0.6) is 0 Å². The lowest BCUT2D eigenvalue weighted by atomic mass is 10.1. The molecule has 0 aliphatic carbocycles. The number of hydrogen-bond acceptors (Lipinski definition) is 7.